The first kappa shape index (κ1) is 5.56. The van der Waals surface area contributed by atoms with Gasteiger partial charge in [0.05, 0.1) is 0 Å². The second-order valence-corrected chi connectivity index (χ2v) is 1.85. The number of carbonyl (C=O) groups excluding carboxylic acids is 1. The van der Waals surface area contributed by atoms with Gasteiger partial charge in [-0.1, -0.05) is 16.8 Å². The van der Waals surface area contributed by atoms with Gasteiger partial charge in [0, 0.05) is 0 Å². The Balaban J connectivity index is 2.73. The largest absolute Gasteiger partial charge is 0.383 e. The van der Waals surface area contributed by atoms with Crippen LogP contribution < -0.4 is 0 Å². The van der Waals surface area contributed by atoms with E-state index in [2.05, 4.69) is 9.99 Å². The van der Waals surface area contributed by atoms with E-state index in [9.17, 15) is 4.79 Å². The van der Waals surface area contributed by atoms with Crippen molar-refractivity contribution in [3.05, 3.63) is 0 Å². The normalized spacial score (nSPS) is 27.5. The average molecular weight is 134 g/mol. The zero-order chi connectivity index (χ0) is 6.15. The van der Waals surface area contributed by atoms with Crippen molar-refractivity contribution >= 4 is 22.6 Å². The lowest BCUT2D eigenvalue weighted by molar-refractivity contribution is -0.119. The molecular formula is C4H4ClNO2. The van der Waals surface area contributed by atoms with Crippen molar-refractivity contribution < 1.29 is 9.63 Å². The third-order valence-electron chi connectivity index (χ3n) is 0.864. The minimum atomic E-state index is -0.484. The van der Waals surface area contributed by atoms with Gasteiger partial charge >= 0.3 is 0 Å². The van der Waals surface area contributed by atoms with Crippen LogP contribution in [0.1, 0.15) is 6.92 Å². The van der Waals surface area contributed by atoms with E-state index in [1.54, 1.807) is 6.92 Å². The van der Waals surface area contributed by atoms with E-state index in [0.717, 1.165) is 0 Å². The second-order valence-electron chi connectivity index (χ2n) is 1.49. The Morgan fingerprint density at radius 3 is 2.62 bits per heavy atom. The van der Waals surface area contributed by atoms with Gasteiger partial charge in [-0.25, -0.2) is 0 Å². The molecule has 0 saturated carbocycles. The Hall–Kier alpha value is -0.570. The summed E-state index contributed by atoms with van der Waals surface area (Å²) in [5, 5.41) is 3.17. The zero-order valence-corrected chi connectivity index (χ0v) is 4.97. The summed E-state index contributed by atoms with van der Waals surface area (Å²) in [7, 11) is 0. The van der Waals surface area contributed by atoms with Gasteiger partial charge in [0.2, 0.25) is 11.0 Å². The molecule has 0 bridgehead atoms. The molecule has 0 N–H and O–H groups in total. The van der Waals surface area contributed by atoms with Crippen molar-refractivity contribution in [2.24, 2.45) is 5.16 Å². The van der Waals surface area contributed by atoms with Crippen molar-refractivity contribution in [2.45, 2.75) is 13.0 Å². The van der Waals surface area contributed by atoms with E-state index in [-0.39, 0.29) is 11.0 Å². The molecule has 0 saturated heterocycles. The third-order valence-corrected chi connectivity index (χ3v) is 1.12. The summed E-state index contributed by atoms with van der Waals surface area (Å²) in [6.45, 7) is 1.60. The molecule has 0 amide bonds. The molecule has 1 atom stereocenters. The number of Topliss-reactive ketones (excluding diaryl/α,β-unsaturated/α-hetero) is 1. The quantitative estimate of drug-likeness (QED) is 0.484. The predicted molar refractivity (Wildman–Crippen MR) is 28.8 cm³/mol. The molecule has 1 unspecified atom stereocenters. The lowest BCUT2D eigenvalue weighted by atomic mass is 10.3. The zero-order valence-electron chi connectivity index (χ0n) is 4.22. The maximum Gasteiger partial charge on any atom is 0.239 e. The third kappa shape index (κ3) is 0.690. The summed E-state index contributed by atoms with van der Waals surface area (Å²) in [6, 6.07) is 0. The van der Waals surface area contributed by atoms with Gasteiger partial charge < -0.3 is 4.84 Å². The lowest BCUT2D eigenvalue weighted by Crippen LogP contribution is -2.15. The van der Waals surface area contributed by atoms with E-state index >= 15 is 0 Å². The van der Waals surface area contributed by atoms with E-state index in [0.29, 0.717) is 0 Å². The summed E-state index contributed by atoms with van der Waals surface area (Å²) < 4.78 is 0. The van der Waals surface area contributed by atoms with E-state index in [4.69, 9.17) is 11.6 Å². The summed E-state index contributed by atoms with van der Waals surface area (Å²) in [6.07, 6.45) is -0.484. The molecule has 0 fully saturated rings. The van der Waals surface area contributed by atoms with Gasteiger partial charge in [0.15, 0.2) is 6.10 Å². The van der Waals surface area contributed by atoms with Crippen molar-refractivity contribution in [1.29, 1.82) is 0 Å². The van der Waals surface area contributed by atoms with Crippen LogP contribution in [-0.2, 0) is 9.63 Å². The van der Waals surface area contributed by atoms with E-state index in [1.165, 1.54) is 0 Å². The van der Waals surface area contributed by atoms with Gasteiger partial charge in [-0.15, -0.1) is 0 Å². The van der Waals surface area contributed by atoms with Crippen molar-refractivity contribution in [2.75, 3.05) is 0 Å². The van der Waals surface area contributed by atoms with Crippen LogP contribution in [0, 0.1) is 0 Å². The monoisotopic (exact) mass is 133 g/mol. The topological polar surface area (TPSA) is 38.7 Å². The SMILES string of the molecule is CC1ON=C(Cl)C1=O. The molecule has 44 valence electrons. The highest BCUT2D eigenvalue weighted by Gasteiger charge is 2.25. The number of hydrogen-bond donors (Lipinski definition) is 0. The summed E-state index contributed by atoms with van der Waals surface area (Å²) in [4.78, 5) is 15.0. The van der Waals surface area contributed by atoms with Gasteiger partial charge in [0.1, 0.15) is 0 Å². The smallest absolute Gasteiger partial charge is 0.239 e. The molecule has 0 radical (unpaired) electrons. The molecule has 4 heteroatoms. The van der Waals surface area contributed by atoms with Gasteiger partial charge in [-0.2, -0.15) is 0 Å². The average Bonchev–Trinajstić information content (AvgIpc) is 1.98. The van der Waals surface area contributed by atoms with Crippen LogP contribution in [0.25, 0.3) is 0 Å². The molecule has 0 aromatic carbocycles. The predicted octanol–water partition coefficient (Wildman–Crippen LogP) is 0.526. The maximum absolute atomic E-state index is 10.5. The van der Waals surface area contributed by atoms with Crippen LogP contribution in [0.3, 0.4) is 0 Å². The highest BCUT2D eigenvalue weighted by molar-refractivity contribution is 6.83. The summed E-state index contributed by atoms with van der Waals surface area (Å²) >= 11 is 5.23. The number of nitrogens with zero attached hydrogens (tertiary/aromatic N) is 1. The molecule has 1 aliphatic rings. The maximum atomic E-state index is 10.5. The minimum absolute atomic E-state index is 0.0579. The van der Waals surface area contributed by atoms with Crippen LogP contribution in [0.5, 0.6) is 0 Å². The second kappa shape index (κ2) is 1.74. The van der Waals surface area contributed by atoms with Crippen LogP contribution in [0.15, 0.2) is 5.16 Å². The number of hydrogen-bond acceptors (Lipinski definition) is 3. The van der Waals surface area contributed by atoms with Crippen LogP contribution in [0.4, 0.5) is 0 Å². The fourth-order valence-corrected chi connectivity index (χ4v) is 0.579. The molecule has 0 spiro atoms. The number of halogens is 1. The molecule has 0 aliphatic carbocycles. The van der Waals surface area contributed by atoms with E-state index in [1.807, 2.05) is 0 Å². The molecule has 0 aromatic heterocycles. The van der Waals surface area contributed by atoms with Gasteiger partial charge in [0.25, 0.3) is 0 Å². The number of oxime groups is 1. The first-order chi connectivity index (χ1) is 3.72. The summed E-state index contributed by atoms with van der Waals surface area (Å²) in [5.41, 5.74) is 0. The van der Waals surface area contributed by atoms with Crippen LogP contribution >= 0.6 is 11.6 Å². The number of ketones is 1. The molecule has 1 aliphatic heterocycles. The Morgan fingerprint density at radius 1 is 1.88 bits per heavy atom. The van der Waals surface area contributed by atoms with Crippen molar-refractivity contribution in [1.82, 2.24) is 0 Å². The fraction of sp³-hybridized carbons (Fsp3) is 0.500. The van der Waals surface area contributed by atoms with Crippen LogP contribution in [-0.4, -0.2) is 17.1 Å². The lowest BCUT2D eigenvalue weighted by Gasteiger charge is -1.92. The Kier molecular flexibility index (Phi) is 1.21. The minimum Gasteiger partial charge on any atom is -0.383 e. The molecule has 1 heterocycles. The first-order valence-electron chi connectivity index (χ1n) is 2.15. The molecular weight excluding hydrogens is 130 g/mol. The summed E-state index contributed by atoms with van der Waals surface area (Å²) in [5.74, 6) is -0.244. The van der Waals surface area contributed by atoms with Crippen molar-refractivity contribution in [3.8, 4) is 0 Å². The van der Waals surface area contributed by atoms with Crippen molar-refractivity contribution in [3.63, 3.8) is 0 Å². The Morgan fingerprint density at radius 2 is 2.50 bits per heavy atom. The van der Waals surface area contributed by atoms with Gasteiger partial charge in [-0.3, -0.25) is 4.79 Å². The highest BCUT2D eigenvalue weighted by Crippen LogP contribution is 2.06. The molecule has 8 heavy (non-hydrogen) atoms. The standard InChI is InChI=1S/C4H4ClNO2/c1-2-3(7)4(5)6-8-2/h2H,1H3. The Bertz CT molecular complexity index is 154. The van der Waals surface area contributed by atoms with Crippen LogP contribution in [0.2, 0.25) is 0 Å². The Labute approximate surface area is 51.3 Å². The molecule has 3 nitrogen and oxygen atoms in total. The number of rotatable bonds is 0. The molecule has 0 aromatic rings. The highest BCUT2D eigenvalue weighted by atomic mass is 35.5. The fourth-order valence-electron chi connectivity index (χ4n) is 0.386. The molecule has 1 rings (SSSR count). The number of carbonyl (C=O) groups is 1. The first-order valence-corrected chi connectivity index (χ1v) is 2.53. The van der Waals surface area contributed by atoms with Gasteiger partial charge in [-0.05, 0) is 6.92 Å². The van der Waals surface area contributed by atoms with E-state index < -0.39 is 6.10 Å².